The highest BCUT2D eigenvalue weighted by molar-refractivity contribution is 5.79. The molecular weight excluding hydrogens is 286 g/mol. The third-order valence-electron chi connectivity index (χ3n) is 3.84. The van der Waals surface area contributed by atoms with Gasteiger partial charge in [-0.25, -0.2) is 0 Å². The summed E-state index contributed by atoms with van der Waals surface area (Å²) in [7, 11) is 3.74. The minimum Gasteiger partial charge on any atom is -0.356 e. The van der Waals surface area contributed by atoms with E-state index in [4.69, 9.17) is 0 Å². The summed E-state index contributed by atoms with van der Waals surface area (Å²) in [5.74, 6) is 0.812. The normalized spacial score (nSPS) is 12.3. The van der Waals surface area contributed by atoms with Crippen molar-refractivity contribution in [2.45, 2.75) is 26.8 Å². The number of guanidine groups is 1. The lowest BCUT2D eigenvalue weighted by atomic mass is 9.86. The molecule has 1 heterocycles. The van der Waals surface area contributed by atoms with Crippen LogP contribution in [0, 0.1) is 5.41 Å². The molecule has 124 valence electrons. The molecule has 0 unspecified atom stereocenters. The second kappa shape index (κ2) is 7.81. The molecule has 0 aliphatic carbocycles. The third-order valence-corrected chi connectivity index (χ3v) is 3.84. The fraction of sp³-hybridized carbons (Fsp3) is 0.444. The van der Waals surface area contributed by atoms with E-state index < -0.39 is 0 Å². The highest BCUT2D eigenvalue weighted by atomic mass is 15.3. The number of rotatable bonds is 6. The van der Waals surface area contributed by atoms with Gasteiger partial charge in [0.05, 0.1) is 12.2 Å². The Morgan fingerprint density at radius 2 is 1.91 bits per heavy atom. The molecule has 2 aromatic rings. The molecule has 1 aromatic heterocycles. The topological polar surface area (TPSA) is 54.2 Å². The Balaban J connectivity index is 1.83. The van der Waals surface area contributed by atoms with Crippen LogP contribution in [0.5, 0.6) is 0 Å². The third kappa shape index (κ3) is 5.43. The van der Waals surface area contributed by atoms with Crippen LogP contribution in [-0.4, -0.2) is 29.3 Å². The van der Waals surface area contributed by atoms with Gasteiger partial charge in [-0.3, -0.25) is 9.67 Å². The van der Waals surface area contributed by atoms with E-state index in [2.05, 4.69) is 64.9 Å². The quantitative estimate of drug-likeness (QED) is 0.636. The zero-order valence-electron chi connectivity index (χ0n) is 14.5. The van der Waals surface area contributed by atoms with Crippen LogP contribution in [0.15, 0.2) is 47.6 Å². The zero-order chi connectivity index (χ0) is 16.7. The smallest absolute Gasteiger partial charge is 0.191 e. The fourth-order valence-electron chi connectivity index (χ4n) is 2.50. The number of hydrogen-bond acceptors (Lipinski definition) is 2. The van der Waals surface area contributed by atoms with E-state index >= 15 is 0 Å². The Hall–Kier alpha value is -2.30. The summed E-state index contributed by atoms with van der Waals surface area (Å²) in [6.45, 7) is 6.09. The Bertz CT molecular complexity index is 628. The van der Waals surface area contributed by atoms with Crippen LogP contribution in [0.4, 0.5) is 0 Å². The average Bonchev–Trinajstić information content (AvgIpc) is 2.93. The van der Waals surface area contributed by atoms with Gasteiger partial charge in [-0.2, -0.15) is 5.10 Å². The number of benzene rings is 1. The molecule has 0 bridgehead atoms. The van der Waals surface area contributed by atoms with E-state index in [1.165, 1.54) is 5.56 Å². The first kappa shape index (κ1) is 17.1. The van der Waals surface area contributed by atoms with Crippen molar-refractivity contribution in [3.8, 4) is 0 Å². The summed E-state index contributed by atoms with van der Waals surface area (Å²) in [4.78, 5) is 4.29. The Labute approximate surface area is 138 Å². The molecule has 0 atom stereocenters. The number of hydrogen-bond donors (Lipinski definition) is 2. The first-order valence-corrected chi connectivity index (χ1v) is 7.95. The van der Waals surface area contributed by atoms with Crippen LogP contribution in [-0.2, 0) is 20.0 Å². The largest absolute Gasteiger partial charge is 0.356 e. The molecule has 5 nitrogen and oxygen atoms in total. The van der Waals surface area contributed by atoms with Crippen molar-refractivity contribution in [1.29, 1.82) is 0 Å². The van der Waals surface area contributed by atoms with Crippen LogP contribution < -0.4 is 10.6 Å². The van der Waals surface area contributed by atoms with Gasteiger partial charge in [-0.15, -0.1) is 0 Å². The zero-order valence-corrected chi connectivity index (χ0v) is 14.5. The summed E-state index contributed by atoms with van der Waals surface area (Å²) in [6, 6.07) is 12.6. The molecule has 0 aliphatic rings. The van der Waals surface area contributed by atoms with Gasteiger partial charge >= 0.3 is 0 Å². The average molecular weight is 313 g/mol. The van der Waals surface area contributed by atoms with E-state index in [1.54, 1.807) is 13.2 Å². The van der Waals surface area contributed by atoms with Gasteiger partial charge in [-0.1, -0.05) is 44.2 Å². The molecule has 2 rings (SSSR count). The predicted octanol–water partition coefficient (Wildman–Crippen LogP) is 2.35. The highest BCUT2D eigenvalue weighted by Gasteiger charge is 2.19. The van der Waals surface area contributed by atoms with Gasteiger partial charge < -0.3 is 10.6 Å². The number of aliphatic imine (C=N–C) groups is 1. The maximum atomic E-state index is 4.29. The molecule has 0 radical (unpaired) electrons. The molecule has 0 aliphatic heterocycles. The molecule has 0 saturated heterocycles. The van der Waals surface area contributed by atoms with E-state index in [0.29, 0.717) is 6.54 Å². The highest BCUT2D eigenvalue weighted by Crippen LogP contribution is 2.20. The summed E-state index contributed by atoms with van der Waals surface area (Å²) >= 11 is 0. The fourth-order valence-corrected chi connectivity index (χ4v) is 2.50. The Morgan fingerprint density at radius 1 is 1.17 bits per heavy atom. The monoisotopic (exact) mass is 313 g/mol. The predicted molar refractivity (Wildman–Crippen MR) is 95.3 cm³/mol. The van der Waals surface area contributed by atoms with Gasteiger partial charge in [0.2, 0.25) is 0 Å². The standard InChI is InChI=1S/C18H27N5/c1-18(2,12-15-8-6-5-7-9-15)14-21-17(19-3)20-13-16-10-11-22-23(16)4/h5-11H,12-14H2,1-4H3,(H2,19,20,21). The number of aryl methyl sites for hydroxylation is 1. The first-order chi connectivity index (χ1) is 11.0. The van der Waals surface area contributed by atoms with Crippen molar-refractivity contribution < 1.29 is 0 Å². The van der Waals surface area contributed by atoms with Crippen LogP contribution in [0.25, 0.3) is 0 Å². The number of nitrogens with zero attached hydrogens (tertiary/aromatic N) is 3. The lowest BCUT2D eigenvalue weighted by molar-refractivity contribution is 0.359. The summed E-state index contributed by atoms with van der Waals surface area (Å²) < 4.78 is 1.86. The van der Waals surface area contributed by atoms with E-state index in [9.17, 15) is 0 Å². The molecule has 2 N–H and O–H groups in total. The van der Waals surface area contributed by atoms with Crippen LogP contribution in [0.2, 0.25) is 0 Å². The molecule has 1 aromatic carbocycles. The van der Waals surface area contributed by atoms with E-state index in [0.717, 1.165) is 24.6 Å². The van der Waals surface area contributed by atoms with Gasteiger partial charge in [0, 0.05) is 26.8 Å². The summed E-state index contributed by atoms with van der Waals surface area (Å²) in [5.41, 5.74) is 2.62. The number of aromatic nitrogens is 2. The minimum atomic E-state index is 0.144. The maximum absolute atomic E-state index is 4.29. The molecule has 0 fully saturated rings. The summed E-state index contributed by atoms with van der Waals surface area (Å²) in [6.07, 6.45) is 2.83. The molecular formula is C18H27N5. The maximum Gasteiger partial charge on any atom is 0.191 e. The van der Waals surface area contributed by atoms with Gasteiger partial charge in [0.1, 0.15) is 0 Å². The van der Waals surface area contributed by atoms with Crippen LogP contribution in [0.1, 0.15) is 25.1 Å². The van der Waals surface area contributed by atoms with Gasteiger partial charge in [-0.05, 0) is 23.5 Å². The van der Waals surface area contributed by atoms with Gasteiger partial charge in [0.25, 0.3) is 0 Å². The van der Waals surface area contributed by atoms with E-state index in [1.807, 2.05) is 17.8 Å². The molecule has 0 amide bonds. The lowest BCUT2D eigenvalue weighted by Gasteiger charge is -2.26. The van der Waals surface area contributed by atoms with E-state index in [-0.39, 0.29) is 5.41 Å². The summed E-state index contributed by atoms with van der Waals surface area (Å²) in [5, 5.41) is 10.9. The number of nitrogens with one attached hydrogen (secondary N) is 2. The SMILES string of the molecule is CN=C(NCc1ccnn1C)NCC(C)(C)Cc1ccccc1. The van der Waals surface area contributed by atoms with Gasteiger partial charge in [0.15, 0.2) is 5.96 Å². The van der Waals surface area contributed by atoms with Crippen molar-refractivity contribution in [2.24, 2.45) is 17.5 Å². The van der Waals surface area contributed by atoms with Crippen molar-refractivity contribution in [3.05, 3.63) is 53.9 Å². The van der Waals surface area contributed by atoms with Crippen LogP contribution >= 0.6 is 0 Å². The second-order valence-electron chi connectivity index (χ2n) is 6.55. The minimum absolute atomic E-state index is 0.144. The van der Waals surface area contributed by atoms with Crippen molar-refractivity contribution in [1.82, 2.24) is 20.4 Å². The Morgan fingerprint density at radius 3 is 2.52 bits per heavy atom. The lowest BCUT2D eigenvalue weighted by Crippen LogP contribution is -2.42. The van der Waals surface area contributed by atoms with Crippen molar-refractivity contribution in [2.75, 3.05) is 13.6 Å². The molecule has 23 heavy (non-hydrogen) atoms. The Kier molecular flexibility index (Phi) is 5.79. The molecule has 0 spiro atoms. The second-order valence-corrected chi connectivity index (χ2v) is 6.55. The van der Waals surface area contributed by atoms with Crippen LogP contribution in [0.3, 0.4) is 0 Å². The van der Waals surface area contributed by atoms with Crippen molar-refractivity contribution >= 4 is 5.96 Å². The van der Waals surface area contributed by atoms with Crippen molar-refractivity contribution in [3.63, 3.8) is 0 Å². The molecule has 0 saturated carbocycles. The first-order valence-electron chi connectivity index (χ1n) is 7.95. The molecule has 5 heteroatoms.